The van der Waals surface area contributed by atoms with E-state index in [0.29, 0.717) is 38.7 Å². The standard InChI is InChI=1S/C21H19F3N4O4S/c1-3-15(29)26-9-12-8-14(11-4-6-13(7-5-11)32-21(22,23)24)17-18(33-10-28(17)2)16(12)19(25)27-20(30)31/h3-8H,1,9-10H2,2H3,(H2,25,27)(H,26,29)(H,30,31). The number of nitrogens with zero attached hydrogens (tertiary/aromatic N) is 2. The number of carboxylic acid groups (broad SMARTS) is 1. The lowest BCUT2D eigenvalue weighted by Crippen LogP contribution is -2.25. The topological polar surface area (TPSA) is 117 Å². The first-order valence-electron chi connectivity index (χ1n) is 9.38. The summed E-state index contributed by atoms with van der Waals surface area (Å²) in [6.45, 7) is 3.39. The van der Waals surface area contributed by atoms with Crippen molar-refractivity contribution in [1.29, 1.82) is 0 Å². The number of aliphatic imine (C=N–C) groups is 1. The molecule has 2 aromatic carbocycles. The minimum atomic E-state index is -4.81. The molecule has 0 fully saturated rings. The number of halogens is 3. The highest BCUT2D eigenvalue weighted by Crippen LogP contribution is 2.48. The Morgan fingerprint density at radius 3 is 2.61 bits per heavy atom. The number of hydrogen-bond acceptors (Lipinski definition) is 5. The van der Waals surface area contributed by atoms with E-state index < -0.39 is 18.4 Å². The van der Waals surface area contributed by atoms with Crippen LogP contribution in [0, 0.1) is 0 Å². The van der Waals surface area contributed by atoms with Gasteiger partial charge in [-0.1, -0.05) is 18.7 Å². The fraction of sp³-hybridized carbons (Fsp3) is 0.190. The van der Waals surface area contributed by atoms with Crippen LogP contribution in [-0.2, 0) is 11.3 Å². The van der Waals surface area contributed by atoms with E-state index in [2.05, 4.69) is 21.6 Å². The van der Waals surface area contributed by atoms with Crippen LogP contribution in [0.3, 0.4) is 0 Å². The largest absolute Gasteiger partial charge is 0.573 e. The molecule has 8 nitrogen and oxygen atoms in total. The van der Waals surface area contributed by atoms with Gasteiger partial charge in [-0.3, -0.25) is 4.79 Å². The van der Waals surface area contributed by atoms with Crippen molar-refractivity contribution in [3.05, 3.63) is 54.1 Å². The number of benzene rings is 2. The van der Waals surface area contributed by atoms with Gasteiger partial charge in [-0.15, -0.1) is 24.9 Å². The summed E-state index contributed by atoms with van der Waals surface area (Å²) in [5.41, 5.74) is 8.81. The van der Waals surface area contributed by atoms with Gasteiger partial charge in [-0.25, -0.2) is 4.79 Å². The van der Waals surface area contributed by atoms with Gasteiger partial charge in [-0.05, 0) is 35.4 Å². The number of fused-ring (bicyclic) bond motifs is 1. The van der Waals surface area contributed by atoms with E-state index in [4.69, 9.17) is 10.8 Å². The molecule has 4 N–H and O–H groups in total. The number of carbonyl (C=O) groups is 2. The van der Waals surface area contributed by atoms with Gasteiger partial charge in [-0.2, -0.15) is 4.99 Å². The van der Waals surface area contributed by atoms with Crippen molar-refractivity contribution in [2.45, 2.75) is 17.8 Å². The first-order valence-corrected chi connectivity index (χ1v) is 10.4. The zero-order chi connectivity index (χ0) is 24.3. The van der Waals surface area contributed by atoms with Crippen LogP contribution in [-0.4, -0.2) is 42.2 Å². The molecule has 0 saturated heterocycles. The monoisotopic (exact) mass is 480 g/mol. The Hall–Kier alpha value is -3.67. The van der Waals surface area contributed by atoms with Gasteiger partial charge in [0.25, 0.3) is 0 Å². The lowest BCUT2D eigenvalue weighted by molar-refractivity contribution is -0.274. The summed E-state index contributed by atoms with van der Waals surface area (Å²) in [5, 5.41) is 11.7. The third-order valence-electron chi connectivity index (χ3n) is 4.63. The third kappa shape index (κ3) is 5.58. The fourth-order valence-electron chi connectivity index (χ4n) is 3.34. The molecule has 2 amide bonds. The molecule has 0 spiro atoms. The van der Waals surface area contributed by atoms with Crippen LogP contribution in [0.2, 0.25) is 0 Å². The van der Waals surface area contributed by atoms with E-state index in [1.54, 1.807) is 6.07 Å². The van der Waals surface area contributed by atoms with Gasteiger partial charge in [0.15, 0.2) is 0 Å². The number of carbonyl (C=O) groups excluding carboxylic acids is 1. The van der Waals surface area contributed by atoms with Crippen molar-refractivity contribution in [1.82, 2.24) is 5.32 Å². The van der Waals surface area contributed by atoms with Gasteiger partial charge in [0, 0.05) is 29.6 Å². The number of rotatable bonds is 6. The number of hydrogen-bond donors (Lipinski definition) is 3. The molecule has 0 unspecified atom stereocenters. The average Bonchev–Trinajstić information content (AvgIpc) is 3.11. The predicted molar refractivity (Wildman–Crippen MR) is 118 cm³/mol. The van der Waals surface area contributed by atoms with Crippen LogP contribution in [0.5, 0.6) is 5.75 Å². The van der Waals surface area contributed by atoms with Crippen molar-refractivity contribution in [2.75, 3.05) is 17.8 Å². The average molecular weight is 480 g/mol. The molecule has 33 heavy (non-hydrogen) atoms. The van der Waals surface area contributed by atoms with Gasteiger partial charge in [0.2, 0.25) is 5.91 Å². The Kier molecular flexibility index (Phi) is 6.86. The Bertz CT molecular complexity index is 1130. The maximum Gasteiger partial charge on any atom is 0.573 e. The minimum absolute atomic E-state index is 0.00412. The molecule has 3 rings (SSSR count). The van der Waals surface area contributed by atoms with E-state index in [1.165, 1.54) is 36.0 Å². The molecular formula is C21H19F3N4O4S. The Labute approximate surface area is 190 Å². The maximum atomic E-state index is 12.5. The Balaban J connectivity index is 2.17. The normalized spacial score (nSPS) is 13.5. The first-order chi connectivity index (χ1) is 15.5. The van der Waals surface area contributed by atoms with Gasteiger partial charge in [0.1, 0.15) is 11.6 Å². The number of nitrogens with one attached hydrogen (secondary N) is 1. The summed E-state index contributed by atoms with van der Waals surface area (Å²) in [6.07, 6.45) is -5.19. The van der Waals surface area contributed by atoms with E-state index in [-0.39, 0.29) is 18.1 Å². The van der Waals surface area contributed by atoms with Gasteiger partial charge < -0.3 is 25.8 Å². The molecule has 0 atom stereocenters. The number of amidine groups is 1. The Morgan fingerprint density at radius 1 is 1.36 bits per heavy atom. The van der Waals surface area contributed by atoms with Crippen molar-refractivity contribution in [3.8, 4) is 16.9 Å². The second kappa shape index (κ2) is 9.45. The molecule has 12 heteroatoms. The molecule has 0 radical (unpaired) electrons. The van der Waals surface area contributed by atoms with Crippen molar-refractivity contribution < 1.29 is 32.6 Å². The smallest absolute Gasteiger partial charge is 0.463 e. The SMILES string of the molecule is C=CC(=O)NCc1cc(-c2ccc(OC(F)(F)F)cc2)c2c(c1/C(N)=N/C(=O)O)SCN2C. The Morgan fingerprint density at radius 2 is 2.03 bits per heavy atom. The van der Waals surface area contributed by atoms with Crippen LogP contribution < -0.4 is 20.7 Å². The van der Waals surface area contributed by atoms with E-state index in [0.717, 1.165) is 6.08 Å². The quantitative estimate of drug-likeness (QED) is 0.326. The third-order valence-corrected chi connectivity index (χ3v) is 5.83. The van der Waals surface area contributed by atoms with Crippen LogP contribution in [0.25, 0.3) is 11.1 Å². The highest BCUT2D eigenvalue weighted by atomic mass is 32.2. The summed E-state index contributed by atoms with van der Waals surface area (Å²) in [5.74, 6) is -0.522. The lowest BCUT2D eigenvalue weighted by atomic mass is 9.95. The van der Waals surface area contributed by atoms with Crippen LogP contribution in [0.1, 0.15) is 11.1 Å². The van der Waals surface area contributed by atoms with Crippen LogP contribution >= 0.6 is 11.8 Å². The zero-order valence-electron chi connectivity index (χ0n) is 17.3. The maximum absolute atomic E-state index is 12.5. The minimum Gasteiger partial charge on any atom is -0.463 e. The number of anilines is 1. The lowest BCUT2D eigenvalue weighted by Gasteiger charge is -2.21. The summed E-state index contributed by atoms with van der Waals surface area (Å²) in [6, 6.07) is 7.06. The summed E-state index contributed by atoms with van der Waals surface area (Å²) < 4.78 is 41.4. The van der Waals surface area contributed by atoms with Crippen LogP contribution in [0.15, 0.2) is 52.9 Å². The van der Waals surface area contributed by atoms with Crippen molar-refractivity contribution in [3.63, 3.8) is 0 Å². The van der Waals surface area contributed by atoms with Gasteiger partial charge in [0.05, 0.1) is 11.6 Å². The van der Waals surface area contributed by atoms with Gasteiger partial charge >= 0.3 is 12.5 Å². The highest BCUT2D eigenvalue weighted by molar-refractivity contribution is 8.00. The summed E-state index contributed by atoms with van der Waals surface area (Å²) >= 11 is 1.40. The second-order valence-corrected chi connectivity index (χ2v) is 7.84. The second-order valence-electron chi connectivity index (χ2n) is 6.88. The molecule has 174 valence electrons. The molecule has 0 aliphatic carbocycles. The molecular weight excluding hydrogens is 461 g/mol. The number of thioether (sulfide) groups is 1. The van der Waals surface area contributed by atoms with Crippen molar-refractivity contribution >= 4 is 35.3 Å². The van der Waals surface area contributed by atoms with E-state index >= 15 is 0 Å². The van der Waals surface area contributed by atoms with Crippen molar-refractivity contribution in [2.24, 2.45) is 10.7 Å². The number of alkyl halides is 3. The number of amides is 2. The highest BCUT2D eigenvalue weighted by Gasteiger charge is 2.31. The summed E-state index contributed by atoms with van der Waals surface area (Å²) in [4.78, 5) is 28.8. The van der Waals surface area contributed by atoms with Crippen LogP contribution in [0.4, 0.5) is 23.7 Å². The predicted octanol–water partition coefficient (Wildman–Crippen LogP) is 3.94. The first kappa shape index (κ1) is 24.0. The molecule has 0 saturated carbocycles. The molecule has 1 heterocycles. The molecule has 2 aromatic rings. The summed E-state index contributed by atoms with van der Waals surface area (Å²) in [7, 11) is 1.82. The number of nitrogens with two attached hydrogens (primary N) is 1. The fourth-order valence-corrected chi connectivity index (χ4v) is 4.57. The van der Waals surface area contributed by atoms with E-state index in [1.807, 2.05) is 11.9 Å². The molecule has 1 aliphatic heterocycles. The molecule has 0 bridgehead atoms. The zero-order valence-corrected chi connectivity index (χ0v) is 18.1. The van der Waals surface area contributed by atoms with E-state index in [9.17, 15) is 22.8 Å². The number of ether oxygens (including phenoxy) is 1. The molecule has 0 aromatic heterocycles. The molecule has 1 aliphatic rings.